The number of hydrogen-bond donors (Lipinski definition) is 3. The molecule has 0 fully saturated rings. The van der Waals surface area contributed by atoms with Crippen molar-refractivity contribution in [1.29, 1.82) is 0 Å². The Balaban J connectivity index is 1.55. The summed E-state index contributed by atoms with van der Waals surface area (Å²) in [5.74, 6) is -0.0276. The number of aromatic nitrogens is 4. The van der Waals surface area contributed by atoms with E-state index in [9.17, 15) is 14.0 Å². The van der Waals surface area contributed by atoms with E-state index in [1.54, 1.807) is 30.3 Å². The van der Waals surface area contributed by atoms with Gasteiger partial charge in [-0.15, -0.1) is 0 Å². The van der Waals surface area contributed by atoms with Crippen molar-refractivity contribution in [3.8, 4) is 11.1 Å². The molecule has 3 aromatic carbocycles. The van der Waals surface area contributed by atoms with Gasteiger partial charge in [0.2, 0.25) is 5.95 Å². The molecule has 170 valence electrons. The fourth-order valence-corrected chi connectivity index (χ4v) is 4.23. The number of anilines is 1. The molecular formula is C25H21FN6O2. The summed E-state index contributed by atoms with van der Waals surface area (Å²) in [5, 5.41) is 10.6. The lowest BCUT2D eigenvalue weighted by atomic mass is 9.98. The Bertz CT molecular complexity index is 1620. The zero-order valence-corrected chi connectivity index (χ0v) is 18.3. The molecule has 0 aliphatic heterocycles. The van der Waals surface area contributed by atoms with Gasteiger partial charge in [0.25, 0.3) is 5.56 Å². The van der Waals surface area contributed by atoms with Crippen LogP contribution >= 0.6 is 0 Å². The van der Waals surface area contributed by atoms with Gasteiger partial charge in [-0.25, -0.2) is 19.3 Å². The van der Waals surface area contributed by atoms with E-state index in [0.717, 1.165) is 16.5 Å². The first kappa shape index (κ1) is 21.3. The number of hydrogen-bond acceptors (Lipinski definition) is 4. The summed E-state index contributed by atoms with van der Waals surface area (Å²) in [6.07, 6.45) is 0.421. The number of nitrogens with one attached hydrogen (secondary N) is 2. The van der Waals surface area contributed by atoms with E-state index in [1.165, 1.54) is 6.07 Å². The quantitative estimate of drug-likeness (QED) is 0.368. The number of rotatable bonds is 5. The highest BCUT2D eigenvalue weighted by Crippen LogP contribution is 2.30. The number of fused-ring (bicyclic) bond motifs is 2. The smallest absolute Gasteiger partial charge is 0.318 e. The first-order valence-electron chi connectivity index (χ1n) is 10.8. The van der Waals surface area contributed by atoms with Crippen molar-refractivity contribution in [3.05, 3.63) is 88.1 Å². The summed E-state index contributed by atoms with van der Waals surface area (Å²) in [6, 6.07) is 16.9. The Morgan fingerprint density at radius 1 is 1.12 bits per heavy atom. The third kappa shape index (κ3) is 3.77. The van der Waals surface area contributed by atoms with Crippen LogP contribution in [-0.4, -0.2) is 25.8 Å². The van der Waals surface area contributed by atoms with Crippen LogP contribution in [0.15, 0.2) is 65.5 Å². The Kier molecular flexibility index (Phi) is 5.29. The van der Waals surface area contributed by atoms with E-state index >= 15 is 0 Å². The summed E-state index contributed by atoms with van der Waals surface area (Å²) < 4.78 is 16.7. The molecule has 5 rings (SSSR count). The fraction of sp³-hybridized carbons (Fsp3) is 0.120. The van der Waals surface area contributed by atoms with Crippen molar-refractivity contribution >= 4 is 33.8 Å². The van der Waals surface area contributed by atoms with Gasteiger partial charge < -0.3 is 10.3 Å². The third-order valence-corrected chi connectivity index (χ3v) is 5.79. The van der Waals surface area contributed by atoms with E-state index in [0.29, 0.717) is 46.6 Å². The molecule has 0 saturated heterocycles. The van der Waals surface area contributed by atoms with Crippen LogP contribution < -0.4 is 16.6 Å². The molecule has 0 aliphatic carbocycles. The van der Waals surface area contributed by atoms with E-state index in [-0.39, 0.29) is 11.4 Å². The van der Waals surface area contributed by atoms with Gasteiger partial charge in [-0.2, -0.15) is 5.10 Å². The molecule has 0 atom stereocenters. The number of aromatic amines is 1. The second-order valence-electron chi connectivity index (χ2n) is 7.91. The molecule has 5 aromatic rings. The molecular weight excluding hydrogens is 435 g/mol. The third-order valence-electron chi connectivity index (χ3n) is 5.79. The van der Waals surface area contributed by atoms with Crippen molar-refractivity contribution in [3.63, 3.8) is 0 Å². The van der Waals surface area contributed by atoms with Crippen LogP contribution in [0.25, 0.3) is 32.9 Å². The molecule has 0 aliphatic rings. The molecule has 8 nitrogen and oxygen atoms in total. The average molecular weight is 456 g/mol. The van der Waals surface area contributed by atoms with E-state index in [1.807, 2.05) is 35.8 Å². The molecule has 0 unspecified atom stereocenters. The topological polar surface area (TPSA) is 119 Å². The van der Waals surface area contributed by atoms with Gasteiger partial charge in [0, 0.05) is 23.9 Å². The van der Waals surface area contributed by atoms with Crippen molar-refractivity contribution < 1.29 is 9.18 Å². The highest BCUT2D eigenvalue weighted by molar-refractivity contribution is 5.90. The zero-order chi connectivity index (χ0) is 23.8. The number of nitrogens with zero attached hydrogens (tertiary/aromatic N) is 3. The minimum atomic E-state index is -0.702. The van der Waals surface area contributed by atoms with E-state index < -0.39 is 6.03 Å². The first-order chi connectivity index (χ1) is 16.4. The fourth-order valence-electron chi connectivity index (χ4n) is 4.23. The van der Waals surface area contributed by atoms with Crippen molar-refractivity contribution in [2.75, 3.05) is 5.32 Å². The van der Waals surface area contributed by atoms with Crippen LogP contribution in [0.2, 0.25) is 0 Å². The normalized spacial score (nSPS) is 11.2. The highest BCUT2D eigenvalue weighted by atomic mass is 19.1. The molecule has 9 heteroatoms. The summed E-state index contributed by atoms with van der Waals surface area (Å²) in [4.78, 5) is 27.9. The van der Waals surface area contributed by atoms with Crippen molar-refractivity contribution in [2.24, 2.45) is 5.73 Å². The van der Waals surface area contributed by atoms with Gasteiger partial charge in [-0.1, -0.05) is 30.3 Å². The van der Waals surface area contributed by atoms with Crippen LogP contribution in [0.3, 0.4) is 0 Å². The van der Waals surface area contributed by atoms with Crippen LogP contribution in [0.5, 0.6) is 0 Å². The van der Waals surface area contributed by atoms with Crippen LogP contribution in [0, 0.1) is 5.82 Å². The molecule has 0 saturated carbocycles. The lowest BCUT2D eigenvalue weighted by Gasteiger charge is -2.09. The minimum absolute atomic E-state index is 0.246. The number of halogens is 1. The summed E-state index contributed by atoms with van der Waals surface area (Å²) >= 11 is 0. The standard InChI is InChI=1S/C25H21FN6O2/c1-2-32-22-10-8-15(13-21(22)28-25(32)29-24(27)34)18-11-14(7-9-19(18)26)12-20-16-5-3-4-6-17(16)23(33)31-30-20/h3-11,13H,2,12H2,1H3,(H,31,33)(H3,27,28,29,34). The van der Waals surface area contributed by atoms with Gasteiger partial charge in [0.15, 0.2) is 0 Å². The SMILES string of the molecule is CCn1c(NC(N)=O)nc2cc(-c3cc(Cc4n[nH]c(=O)c5ccccc45)ccc3F)ccc21. The molecule has 2 heterocycles. The largest absolute Gasteiger partial charge is 0.351 e. The number of urea groups is 1. The van der Waals surface area contributed by atoms with Crippen molar-refractivity contribution in [2.45, 2.75) is 19.9 Å². The summed E-state index contributed by atoms with van der Waals surface area (Å²) in [5.41, 5.74) is 9.04. The Morgan fingerprint density at radius 3 is 2.68 bits per heavy atom. The number of H-pyrrole nitrogens is 1. The average Bonchev–Trinajstić information content (AvgIpc) is 3.17. The maximum Gasteiger partial charge on any atom is 0.318 e. The van der Waals surface area contributed by atoms with Crippen molar-refractivity contribution in [1.82, 2.24) is 19.7 Å². The Hall–Kier alpha value is -4.53. The van der Waals surface area contributed by atoms with E-state index in [2.05, 4.69) is 20.5 Å². The maximum atomic E-state index is 14.9. The maximum absolute atomic E-state index is 14.9. The molecule has 34 heavy (non-hydrogen) atoms. The van der Waals surface area contributed by atoms with Crippen LogP contribution in [0.4, 0.5) is 15.1 Å². The first-order valence-corrected chi connectivity index (χ1v) is 10.8. The van der Waals surface area contributed by atoms with Crippen LogP contribution in [0.1, 0.15) is 18.2 Å². The lowest BCUT2D eigenvalue weighted by molar-refractivity contribution is 0.259. The number of primary amides is 1. The molecule has 0 bridgehead atoms. The molecule has 0 radical (unpaired) electrons. The highest BCUT2D eigenvalue weighted by Gasteiger charge is 2.15. The number of carbonyl (C=O) groups is 1. The van der Waals surface area contributed by atoms with Gasteiger partial charge >= 0.3 is 6.03 Å². The molecule has 2 amide bonds. The van der Waals surface area contributed by atoms with Gasteiger partial charge in [0.05, 0.1) is 22.1 Å². The number of imidazole rings is 1. The lowest BCUT2D eigenvalue weighted by Crippen LogP contribution is -2.21. The van der Waals surface area contributed by atoms with Gasteiger partial charge in [0.1, 0.15) is 5.82 Å². The van der Waals surface area contributed by atoms with Crippen LogP contribution in [-0.2, 0) is 13.0 Å². The second kappa shape index (κ2) is 8.43. The van der Waals surface area contributed by atoms with Gasteiger partial charge in [-0.3, -0.25) is 10.1 Å². The predicted molar refractivity (Wildman–Crippen MR) is 129 cm³/mol. The molecule has 2 aromatic heterocycles. The number of amides is 2. The van der Waals surface area contributed by atoms with Gasteiger partial charge in [-0.05, 0) is 48.4 Å². The number of carbonyl (C=O) groups excluding carboxylic acids is 1. The summed E-state index contributed by atoms with van der Waals surface area (Å²) in [7, 11) is 0. The second-order valence-corrected chi connectivity index (χ2v) is 7.91. The van der Waals surface area contributed by atoms with E-state index in [4.69, 9.17) is 5.73 Å². The summed E-state index contributed by atoms with van der Waals surface area (Å²) in [6.45, 7) is 2.51. The monoisotopic (exact) mass is 456 g/mol. The molecule has 0 spiro atoms. The Labute approximate surface area is 193 Å². The zero-order valence-electron chi connectivity index (χ0n) is 18.3. The minimum Gasteiger partial charge on any atom is -0.351 e. The molecule has 4 N–H and O–H groups in total. The number of nitrogens with two attached hydrogens (primary N) is 1. The number of benzene rings is 3. The number of aryl methyl sites for hydroxylation is 1. The Morgan fingerprint density at radius 2 is 1.91 bits per heavy atom. The predicted octanol–water partition coefficient (Wildman–Crippen LogP) is 4.18.